The minimum absolute atomic E-state index is 0.168. The van der Waals surface area contributed by atoms with E-state index in [1.54, 1.807) is 18.7 Å². The van der Waals surface area contributed by atoms with Gasteiger partial charge in [-0.05, 0) is 31.0 Å². The molecule has 27 heavy (non-hydrogen) atoms. The minimum Gasteiger partial charge on any atom is -0.339 e. The van der Waals surface area contributed by atoms with Gasteiger partial charge >= 0.3 is 0 Å². The van der Waals surface area contributed by atoms with E-state index in [1.165, 1.54) is 10.9 Å². The Morgan fingerprint density at radius 3 is 2.74 bits per heavy atom. The molecule has 0 aliphatic heterocycles. The number of hydrogen-bond acceptors (Lipinski definition) is 6. The van der Waals surface area contributed by atoms with E-state index in [-0.39, 0.29) is 12.1 Å². The number of halogens is 1. The Hall–Kier alpha value is -3.00. The molecule has 0 saturated carbocycles. The van der Waals surface area contributed by atoms with E-state index in [0.717, 1.165) is 12.0 Å². The van der Waals surface area contributed by atoms with Crippen molar-refractivity contribution in [1.82, 2.24) is 29.5 Å². The van der Waals surface area contributed by atoms with Crippen molar-refractivity contribution in [3.8, 4) is 0 Å². The molecule has 1 aromatic carbocycles. The van der Waals surface area contributed by atoms with Crippen LogP contribution in [0.15, 0.2) is 39.9 Å². The van der Waals surface area contributed by atoms with Crippen molar-refractivity contribution in [3.05, 3.63) is 68.9 Å². The number of hydrogen-bond donors (Lipinski definition) is 0. The van der Waals surface area contributed by atoms with Crippen LogP contribution in [0.25, 0.3) is 11.0 Å². The fourth-order valence-corrected chi connectivity index (χ4v) is 3.11. The first-order valence-electron chi connectivity index (χ1n) is 8.46. The van der Waals surface area contributed by atoms with Gasteiger partial charge in [0.25, 0.3) is 5.56 Å². The summed E-state index contributed by atoms with van der Waals surface area (Å²) in [6.45, 7) is 1.99. The third-order valence-electron chi connectivity index (χ3n) is 4.35. The third kappa shape index (κ3) is 3.48. The monoisotopic (exact) mass is 384 g/mol. The predicted molar refractivity (Wildman–Crippen MR) is 99.8 cm³/mol. The van der Waals surface area contributed by atoms with E-state index in [1.807, 2.05) is 24.3 Å². The molecule has 0 fully saturated rings. The Balaban J connectivity index is 1.50. The highest BCUT2D eigenvalue weighted by Crippen LogP contribution is 2.12. The highest BCUT2D eigenvalue weighted by atomic mass is 35.5. The van der Waals surface area contributed by atoms with Gasteiger partial charge in [-0.1, -0.05) is 28.9 Å². The first-order valence-corrected chi connectivity index (χ1v) is 8.83. The van der Waals surface area contributed by atoms with Crippen molar-refractivity contribution in [2.45, 2.75) is 26.3 Å². The lowest BCUT2D eigenvalue weighted by Gasteiger charge is -2.01. The quantitative estimate of drug-likeness (QED) is 0.524. The summed E-state index contributed by atoms with van der Waals surface area (Å²) >= 11 is 5.89. The smallest absolute Gasteiger partial charge is 0.265 e. The molecule has 0 N–H and O–H groups in total. The molecular formula is C18H17ClN6O2. The van der Waals surface area contributed by atoms with E-state index >= 15 is 0 Å². The van der Waals surface area contributed by atoms with Crippen molar-refractivity contribution in [2.75, 3.05) is 0 Å². The van der Waals surface area contributed by atoms with Crippen molar-refractivity contribution >= 4 is 22.6 Å². The summed E-state index contributed by atoms with van der Waals surface area (Å²) in [5.74, 6) is 0.963. The van der Waals surface area contributed by atoms with Crippen LogP contribution in [0, 0.1) is 6.92 Å². The van der Waals surface area contributed by atoms with Gasteiger partial charge in [0.2, 0.25) is 5.89 Å². The Labute approximate surface area is 159 Å². The van der Waals surface area contributed by atoms with Crippen molar-refractivity contribution in [3.63, 3.8) is 0 Å². The van der Waals surface area contributed by atoms with Crippen LogP contribution in [-0.4, -0.2) is 29.5 Å². The molecule has 0 aliphatic rings. The number of nitrogens with zero attached hydrogens (tertiary/aromatic N) is 6. The maximum atomic E-state index is 12.7. The molecule has 0 saturated heterocycles. The first kappa shape index (κ1) is 17.4. The van der Waals surface area contributed by atoms with Gasteiger partial charge in [-0.15, -0.1) is 0 Å². The van der Waals surface area contributed by atoms with E-state index in [2.05, 4.69) is 20.2 Å². The zero-order valence-corrected chi connectivity index (χ0v) is 15.6. The molecule has 0 bridgehead atoms. The summed E-state index contributed by atoms with van der Waals surface area (Å²) < 4.78 is 8.36. The number of fused-ring (bicyclic) bond motifs is 1. The lowest BCUT2D eigenvalue weighted by Crippen LogP contribution is -2.22. The molecule has 0 spiro atoms. The van der Waals surface area contributed by atoms with E-state index < -0.39 is 0 Å². The highest BCUT2D eigenvalue weighted by Gasteiger charge is 2.14. The molecule has 0 atom stereocenters. The average Bonchev–Trinajstić information content (AvgIpc) is 3.21. The molecule has 138 valence electrons. The summed E-state index contributed by atoms with van der Waals surface area (Å²) in [4.78, 5) is 21.4. The first-order chi connectivity index (χ1) is 13.0. The van der Waals surface area contributed by atoms with Gasteiger partial charge in [-0.3, -0.25) is 9.36 Å². The maximum absolute atomic E-state index is 12.7. The Bertz CT molecular complexity index is 1160. The normalized spacial score (nSPS) is 11.4. The highest BCUT2D eigenvalue weighted by molar-refractivity contribution is 6.30. The molecule has 9 heteroatoms. The molecule has 3 heterocycles. The molecule has 4 rings (SSSR count). The Kier molecular flexibility index (Phi) is 4.49. The molecule has 8 nitrogen and oxygen atoms in total. The van der Waals surface area contributed by atoms with Crippen molar-refractivity contribution in [2.24, 2.45) is 7.05 Å². The topological polar surface area (TPSA) is 91.6 Å². The van der Waals surface area contributed by atoms with Crippen LogP contribution in [0.3, 0.4) is 0 Å². The van der Waals surface area contributed by atoms with Gasteiger partial charge in [0, 0.05) is 18.5 Å². The van der Waals surface area contributed by atoms with Crippen LogP contribution < -0.4 is 5.56 Å². The van der Waals surface area contributed by atoms with E-state index in [0.29, 0.717) is 39.9 Å². The summed E-state index contributed by atoms with van der Waals surface area (Å²) in [5, 5.41) is 9.43. The lowest BCUT2D eigenvalue weighted by atomic mass is 10.1. The van der Waals surface area contributed by atoms with E-state index in [4.69, 9.17) is 16.1 Å². The summed E-state index contributed by atoms with van der Waals surface area (Å²) in [6.07, 6.45) is 2.86. The van der Waals surface area contributed by atoms with Crippen molar-refractivity contribution < 1.29 is 4.52 Å². The largest absolute Gasteiger partial charge is 0.339 e. The molecule has 3 aromatic heterocycles. The summed E-state index contributed by atoms with van der Waals surface area (Å²) in [6, 6.07) is 7.64. The van der Waals surface area contributed by atoms with Gasteiger partial charge in [-0.25, -0.2) is 9.67 Å². The van der Waals surface area contributed by atoms with Gasteiger partial charge in [-0.2, -0.15) is 10.1 Å². The molecule has 0 aliphatic carbocycles. The lowest BCUT2D eigenvalue weighted by molar-refractivity contribution is 0.371. The van der Waals surface area contributed by atoms with Gasteiger partial charge in [0.05, 0.1) is 12.2 Å². The van der Waals surface area contributed by atoms with Crippen LogP contribution in [0.1, 0.15) is 23.0 Å². The van der Waals surface area contributed by atoms with Crippen LogP contribution in [0.2, 0.25) is 5.02 Å². The van der Waals surface area contributed by atoms with Gasteiger partial charge in [0.1, 0.15) is 11.7 Å². The van der Waals surface area contributed by atoms with Crippen LogP contribution in [-0.2, 0) is 26.4 Å². The number of benzene rings is 1. The Morgan fingerprint density at radius 2 is 1.96 bits per heavy atom. The predicted octanol–water partition coefficient (Wildman–Crippen LogP) is 2.31. The molecule has 0 amide bonds. The summed E-state index contributed by atoms with van der Waals surface area (Å²) in [5.41, 5.74) is 2.18. The zero-order valence-electron chi connectivity index (χ0n) is 14.9. The third-order valence-corrected chi connectivity index (χ3v) is 4.60. The maximum Gasteiger partial charge on any atom is 0.265 e. The molecular weight excluding hydrogens is 368 g/mol. The Morgan fingerprint density at radius 1 is 1.19 bits per heavy atom. The van der Waals surface area contributed by atoms with Crippen LogP contribution in [0.5, 0.6) is 0 Å². The standard InChI is InChI=1S/C18H17ClN6O2/c1-11-16-17(24(2)22-11)20-10-25(18(16)26)9-14-21-15(27-23-14)8-5-12-3-6-13(19)7-4-12/h3-4,6-7,10H,5,8-9H2,1-2H3. The van der Waals surface area contributed by atoms with Gasteiger partial charge in [0.15, 0.2) is 11.5 Å². The van der Waals surface area contributed by atoms with Crippen molar-refractivity contribution in [1.29, 1.82) is 0 Å². The van der Waals surface area contributed by atoms with Gasteiger partial charge < -0.3 is 4.52 Å². The van der Waals surface area contributed by atoms with E-state index in [9.17, 15) is 4.79 Å². The minimum atomic E-state index is -0.168. The second-order valence-electron chi connectivity index (χ2n) is 6.32. The fourth-order valence-electron chi connectivity index (χ4n) is 2.99. The molecule has 0 unspecified atom stereocenters. The second-order valence-corrected chi connectivity index (χ2v) is 6.75. The molecule has 0 radical (unpaired) electrons. The SMILES string of the molecule is Cc1nn(C)c2ncn(Cc3noc(CCc4ccc(Cl)cc4)n3)c(=O)c12. The van der Waals surface area contributed by atoms with Crippen LogP contribution in [0.4, 0.5) is 0 Å². The zero-order chi connectivity index (χ0) is 19.0. The summed E-state index contributed by atoms with van der Waals surface area (Å²) in [7, 11) is 1.76. The fraction of sp³-hybridized carbons (Fsp3) is 0.278. The number of rotatable bonds is 5. The second kappa shape index (κ2) is 6.96. The molecule has 4 aromatic rings. The average molecular weight is 385 g/mol. The number of aryl methyl sites for hydroxylation is 4. The number of aromatic nitrogens is 6. The van der Waals surface area contributed by atoms with Crippen LogP contribution >= 0.6 is 11.6 Å².